The molecule has 8 nitrogen and oxygen atoms in total. The van der Waals surface area contributed by atoms with Gasteiger partial charge in [0, 0.05) is 6.08 Å². The van der Waals surface area contributed by atoms with Crippen molar-refractivity contribution < 1.29 is 28.5 Å². The quantitative estimate of drug-likeness (QED) is 0.354. The predicted octanol–water partition coefficient (Wildman–Crippen LogP) is 4.05. The zero-order valence-corrected chi connectivity index (χ0v) is 20.9. The van der Waals surface area contributed by atoms with E-state index in [1.54, 1.807) is 29.7 Å². The first-order valence-corrected chi connectivity index (χ1v) is 11.5. The topological polar surface area (TPSA) is 88.4 Å². The molecule has 1 aromatic heterocycles. The van der Waals surface area contributed by atoms with Gasteiger partial charge in [0.2, 0.25) is 5.75 Å². The van der Waals surface area contributed by atoms with Crippen molar-refractivity contribution in [2.75, 3.05) is 27.9 Å². The molecule has 0 aliphatic carbocycles. The van der Waals surface area contributed by atoms with E-state index in [0.717, 1.165) is 21.3 Å². The lowest BCUT2D eigenvalue weighted by molar-refractivity contribution is -0.143. The summed E-state index contributed by atoms with van der Waals surface area (Å²) in [6.07, 6.45) is 2.98. The molecule has 0 spiro atoms. The Bertz CT molecular complexity index is 1290. The van der Waals surface area contributed by atoms with Crippen LogP contribution >= 0.6 is 11.3 Å². The number of fused-ring (bicyclic) bond motifs is 1. The second kappa shape index (κ2) is 11.0. The summed E-state index contributed by atoms with van der Waals surface area (Å²) in [6, 6.07) is 7.50. The first-order chi connectivity index (χ1) is 16.3. The molecule has 0 atom stereocenters. The molecule has 1 heterocycles. The van der Waals surface area contributed by atoms with Gasteiger partial charge in [0.25, 0.3) is 5.91 Å². The first-order valence-electron chi connectivity index (χ1n) is 10.6. The van der Waals surface area contributed by atoms with Crippen LogP contribution in [0.25, 0.3) is 16.3 Å². The Kier molecular flexibility index (Phi) is 8.12. The van der Waals surface area contributed by atoms with Gasteiger partial charge in [-0.25, -0.2) is 0 Å². The summed E-state index contributed by atoms with van der Waals surface area (Å²) < 4.78 is 23.8. The summed E-state index contributed by atoms with van der Waals surface area (Å²) in [5.74, 6) is 0.574. The van der Waals surface area contributed by atoms with E-state index in [2.05, 4.69) is 4.99 Å². The van der Waals surface area contributed by atoms with E-state index in [-0.39, 0.29) is 19.1 Å². The Hall–Kier alpha value is -3.59. The molecule has 0 bridgehead atoms. The van der Waals surface area contributed by atoms with Gasteiger partial charge in [0.15, 0.2) is 16.3 Å². The average molecular weight is 485 g/mol. The minimum absolute atomic E-state index is 0.0287. The number of carbonyl (C=O) groups is 2. The first kappa shape index (κ1) is 25.0. The van der Waals surface area contributed by atoms with Crippen molar-refractivity contribution in [3.8, 4) is 17.2 Å². The van der Waals surface area contributed by atoms with Crippen molar-refractivity contribution in [3.05, 3.63) is 51.8 Å². The molecule has 0 N–H and O–H groups in total. The molecular formula is C25H28N2O6S. The second-order valence-electron chi connectivity index (χ2n) is 7.42. The molecule has 9 heteroatoms. The number of thiazole rings is 1. The molecule has 0 saturated carbocycles. The van der Waals surface area contributed by atoms with Gasteiger partial charge in [0.1, 0.15) is 6.54 Å². The summed E-state index contributed by atoms with van der Waals surface area (Å²) >= 11 is 1.35. The van der Waals surface area contributed by atoms with Crippen LogP contribution in [-0.4, -0.2) is 44.4 Å². The summed E-state index contributed by atoms with van der Waals surface area (Å²) in [7, 11) is 4.58. The minimum Gasteiger partial charge on any atom is -0.493 e. The number of aromatic nitrogens is 1. The van der Waals surface area contributed by atoms with Crippen molar-refractivity contribution >= 4 is 39.5 Å². The summed E-state index contributed by atoms with van der Waals surface area (Å²) in [4.78, 5) is 29.6. The fourth-order valence-electron chi connectivity index (χ4n) is 3.39. The molecule has 0 fully saturated rings. The van der Waals surface area contributed by atoms with Gasteiger partial charge < -0.3 is 23.5 Å². The van der Waals surface area contributed by atoms with E-state index in [1.807, 2.05) is 26.0 Å². The number of hydrogen-bond donors (Lipinski definition) is 0. The van der Waals surface area contributed by atoms with Gasteiger partial charge in [-0.05, 0) is 67.8 Å². The average Bonchev–Trinajstić information content (AvgIpc) is 3.12. The third-order valence-corrected chi connectivity index (χ3v) is 6.24. The van der Waals surface area contributed by atoms with Gasteiger partial charge in [-0.3, -0.25) is 9.59 Å². The van der Waals surface area contributed by atoms with Crippen LogP contribution < -0.4 is 19.0 Å². The van der Waals surface area contributed by atoms with Crippen molar-refractivity contribution in [2.24, 2.45) is 4.99 Å². The molecule has 0 saturated heterocycles. The van der Waals surface area contributed by atoms with Gasteiger partial charge >= 0.3 is 5.97 Å². The Labute approximate surface area is 202 Å². The van der Waals surface area contributed by atoms with E-state index in [0.29, 0.717) is 27.6 Å². The fraction of sp³-hybridized carbons (Fsp3) is 0.320. The van der Waals surface area contributed by atoms with Crippen LogP contribution in [-0.2, 0) is 20.9 Å². The largest absolute Gasteiger partial charge is 0.493 e. The number of rotatable bonds is 8. The molecule has 3 aromatic rings. The maximum atomic E-state index is 12.7. The molecule has 180 valence electrons. The number of esters is 1. The SMILES string of the molecule is CCOC(=O)Cn1c(=NC(=O)C=Cc2cc(OC)c(OC)c(OC)c2)sc2cc(C)c(C)cc21. The number of ether oxygens (including phenoxy) is 4. The molecule has 2 aromatic carbocycles. The van der Waals surface area contributed by atoms with Crippen LogP contribution in [0.3, 0.4) is 0 Å². The zero-order chi connectivity index (χ0) is 24.8. The molecule has 0 aliphatic heterocycles. The maximum Gasteiger partial charge on any atom is 0.326 e. The Morgan fingerprint density at radius 1 is 1.00 bits per heavy atom. The zero-order valence-electron chi connectivity index (χ0n) is 20.1. The number of amides is 1. The lowest BCUT2D eigenvalue weighted by Gasteiger charge is -2.12. The smallest absolute Gasteiger partial charge is 0.326 e. The second-order valence-corrected chi connectivity index (χ2v) is 8.43. The highest BCUT2D eigenvalue weighted by molar-refractivity contribution is 7.16. The van der Waals surface area contributed by atoms with Crippen molar-refractivity contribution in [1.29, 1.82) is 0 Å². The Morgan fingerprint density at radius 2 is 1.65 bits per heavy atom. The lowest BCUT2D eigenvalue weighted by Crippen LogP contribution is -2.22. The molecule has 0 unspecified atom stereocenters. The third-order valence-electron chi connectivity index (χ3n) is 5.20. The van der Waals surface area contributed by atoms with Crippen LogP contribution in [0.1, 0.15) is 23.6 Å². The monoisotopic (exact) mass is 484 g/mol. The van der Waals surface area contributed by atoms with Crippen molar-refractivity contribution in [2.45, 2.75) is 27.3 Å². The van der Waals surface area contributed by atoms with Gasteiger partial charge in [-0.1, -0.05) is 11.3 Å². The van der Waals surface area contributed by atoms with Gasteiger partial charge in [0.05, 0.1) is 38.2 Å². The van der Waals surface area contributed by atoms with Crippen molar-refractivity contribution in [1.82, 2.24) is 4.57 Å². The maximum absolute atomic E-state index is 12.7. The summed E-state index contributed by atoms with van der Waals surface area (Å²) in [6.45, 7) is 6.03. The van der Waals surface area contributed by atoms with Crippen LogP contribution in [0.4, 0.5) is 0 Å². The van der Waals surface area contributed by atoms with Gasteiger partial charge in [-0.15, -0.1) is 0 Å². The minimum atomic E-state index is -0.466. The Morgan fingerprint density at radius 3 is 2.24 bits per heavy atom. The van der Waals surface area contributed by atoms with Crippen LogP contribution in [0, 0.1) is 13.8 Å². The number of benzene rings is 2. The highest BCUT2D eigenvalue weighted by Gasteiger charge is 2.14. The molecule has 0 aliphatic rings. The van der Waals surface area contributed by atoms with Crippen LogP contribution in [0.2, 0.25) is 0 Å². The van der Waals surface area contributed by atoms with Crippen LogP contribution in [0.15, 0.2) is 35.3 Å². The summed E-state index contributed by atoms with van der Waals surface area (Å²) in [5, 5.41) is 0. The van der Waals surface area contributed by atoms with E-state index in [1.165, 1.54) is 38.7 Å². The molecule has 1 amide bonds. The number of nitrogens with zero attached hydrogens (tertiary/aromatic N) is 2. The number of methoxy groups -OCH3 is 3. The highest BCUT2D eigenvalue weighted by Crippen LogP contribution is 2.38. The Balaban J connectivity index is 2.01. The van der Waals surface area contributed by atoms with Gasteiger partial charge in [-0.2, -0.15) is 4.99 Å². The van der Waals surface area contributed by atoms with Crippen LogP contribution in [0.5, 0.6) is 17.2 Å². The lowest BCUT2D eigenvalue weighted by atomic mass is 10.1. The highest BCUT2D eigenvalue weighted by atomic mass is 32.1. The van der Waals surface area contributed by atoms with E-state index >= 15 is 0 Å². The summed E-state index contributed by atoms with van der Waals surface area (Å²) in [5.41, 5.74) is 3.72. The van der Waals surface area contributed by atoms with Crippen molar-refractivity contribution in [3.63, 3.8) is 0 Å². The number of carbonyl (C=O) groups excluding carboxylic acids is 2. The van der Waals surface area contributed by atoms with E-state index in [4.69, 9.17) is 18.9 Å². The molecule has 0 radical (unpaired) electrons. The number of hydrogen-bond acceptors (Lipinski definition) is 7. The fourth-order valence-corrected chi connectivity index (χ4v) is 4.51. The standard InChI is InChI=1S/C25H28N2O6S/c1-7-33-23(29)14-27-18-10-15(2)16(3)11-21(18)34-25(27)26-22(28)9-8-17-12-19(30-4)24(32-6)20(13-17)31-5/h8-13H,7,14H2,1-6H3. The predicted molar refractivity (Wildman–Crippen MR) is 132 cm³/mol. The molecular weight excluding hydrogens is 456 g/mol. The van der Waals surface area contributed by atoms with E-state index < -0.39 is 5.91 Å². The number of aryl methyl sites for hydroxylation is 2. The molecule has 3 rings (SSSR count). The normalized spacial score (nSPS) is 11.8. The third kappa shape index (κ3) is 5.48. The van der Waals surface area contributed by atoms with E-state index in [9.17, 15) is 9.59 Å². The molecule has 34 heavy (non-hydrogen) atoms.